The van der Waals surface area contributed by atoms with Crippen molar-refractivity contribution in [1.82, 2.24) is 0 Å². The van der Waals surface area contributed by atoms with Crippen molar-refractivity contribution in [3.05, 3.63) is 77.4 Å². The largest absolute Gasteiger partial charge is 0.435 e. The zero-order valence-corrected chi connectivity index (χ0v) is 15.1. The molecule has 0 heterocycles. The van der Waals surface area contributed by atoms with Gasteiger partial charge in [-0.2, -0.15) is 8.78 Å². The molecule has 0 aromatic heterocycles. The molecule has 0 atom stereocenters. The van der Waals surface area contributed by atoms with E-state index in [0.717, 1.165) is 18.1 Å². The van der Waals surface area contributed by atoms with E-state index in [2.05, 4.69) is 4.74 Å². The minimum atomic E-state index is -2.96. The second-order valence-corrected chi connectivity index (χ2v) is 6.18. The molecule has 0 fully saturated rings. The third kappa shape index (κ3) is 4.02. The Morgan fingerprint density at radius 2 is 1.54 bits per heavy atom. The predicted octanol–water partition coefficient (Wildman–Crippen LogP) is 5.95. The number of alkyl halides is 2. The molecule has 0 radical (unpaired) electrons. The molecule has 2 nitrogen and oxygen atoms in total. The molecule has 3 rings (SSSR count). The maximum Gasteiger partial charge on any atom is 0.387 e. The fourth-order valence-electron chi connectivity index (χ4n) is 3.04. The maximum absolute atomic E-state index is 15.1. The molecular formula is C22H18F4O2. The van der Waals surface area contributed by atoms with Crippen molar-refractivity contribution in [2.75, 3.05) is 0 Å². The van der Waals surface area contributed by atoms with Gasteiger partial charge >= 0.3 is 6.61 Å². The fraction of sp³-hybridized carbons (Fsp3) is 0.182. The smallest absolute Gasteiger partial charge is 0.387 e. The Hall–Kier alpha value is -2.86. The molecule has 0 bridgehead atoms. The summed E-state index contributed by atoms with van der Waals surface area (Å²) in [5.41, 5.74) is 1.97. The van der Waals surface area contributed by atoms with Gasteiger partial charge in [-0.25, -0.2) is 8.78 Å². The summed E-state index contributed by atoms with van der Waals surface area (Å²) in [7, 11) is 0. The summed E-state index contributed by atoms with van der Waals surface area (Å²) in [6.45, 7) is -1.75. The average Bonchev–Trinajstić information content (AvgIpc) is 2.68. The highest BCUT2D eigenvalue weighted by Gasteiger charge is 2.20. The van der Waals surface area contributed by atoms with E-state index in [0.29, 0.717) is 11.1 Å². The van der Waals surface area contributed by atoms with Crippen molar-refractivity contribution in [1.29, 1.82) is 0 Å². The van der Waals surface area contributed by atoms with E-state index < -0.39 is 30.4 Å². The third-order valence-corrected chi connectivity index (χ3v) is 4.51. The minimum Gasteiger partial charge on any atom is -0.435 e. The van der Waals surface area contributed by atoms with E-state index in [1.165, 1.54) is 24.3 Å². The molecule has 146 valence electrons. The summed E-state index contributed by atoms with van der Waals surface area (Å²) >= 11 is 0. The number of ether oxygens (including phenoxy) is 1. The Balaban J connectivity index is 2.16. The molecule has 0 aliphatic heterocycles. The highest BCUT2D eigenvalue weighted by molar-refractivity contribution is 5.84. The number of hydrogen-bond acceptors (Lipinski definition) is 2. The molecular weight excluding hydrogens is 372 g/mol. The summed E-state index contributed by atoms with van der Waals surface area (Å²) in [5.74, 6) is -1.79. The molecule has 1 N–H and O–H groups in total. The number of rotatable bonds is 6. The quantitative estimate of drug-likeness (QED) is 0.527. The van der Waals surface area contributed by atoms with Crippen LogP contribution in [0.4, 0.5) is 17.6 Å². The zero-order valence-electron chi connectivity index (χ0n) is 15.1. The topological polar surface area (TPSA) is 29.5 Å². The molecule has 0 aliphatic carbocycles. The summed E-state index contributed by atoms with van der Waals surface area (Å²) < 4.78 is 58.4. The van der Waals surface area contributed by atoms with E-state index in [1.807, 2.05) is 19.1 Å². The Labute approximate surface area is 160 Å². The van der Waals surface area contributed by atoms with Crippen LogP contribution in [0, 0.1) is 11.6 Å². The summed E-state index contributed by atoms with van der Waals surface area (Å²) in [6, 6.07) is 13.8. The van der Waals surface area contributed by atoms with Crippen molar-refractivity contribution >= 4 is 0 Å². The number of aliphatic hydroxyl groups is 1. The lowest BCUT2D eigenvalue weighted by molar-refractivity contribution is -0.0498. The van der Waals surface area contributed by atoms with Crippen LogP contribution in [0.5, 0.6) is 5.75 Å². The molecule has 3 aromatic carbocycles. The molecule has 0 unspecified atom stereocenters. The van der Waals surface area contributed by atoms with Gasteiger partial charge in [-0.3, -0.25) is 0 Å². The van der Waals surface area contributed by atoms with Crippen molar-refractivity contribution in [3.63, 3.8) is 0 Å². The third-order valence-electron chi connectivity index (χ3n) is 4.51. The van der Waals surface area contributed by atoms with E-state index in [9.17, 15) is 18.3 Å². The molecule has 0 aliphatic rings. The lowest BCUT2D eigenvalue weighted by Gasteiger charge is -2.16. The average molecular weight is 390 g/mol. The van der Waals surface area contributed by atoms with Gasteiger partial charge in [0.05, 0.1) is 6.61 Å². The van der Waals surface area contributed by atoms with Crippen LogP contribution in [0.15, 0.2) is 54.6 Å². The van der Waals surface area contributed by atoms with E-state index >= 15 is 4.39 Å². The number of aliphatic hydroxyl groups excluding tert-OH is 1. The van der Waals surface area contributed by atoms with Crippen LogP contribution in [0.1, 0.15) is 18.1 Å². The first-order chi connectivity index (χ1) is 13.4. The molecule has 0 spiro atoms. The Morgan fingerprint density at radius 3 is 2.07 bits per heavy atom. The second-order valence-electron chi connectivity index (χ2n) is 6.18. The number of hydrogen-bond donors (Lipinski definition) is 1. The predicted molar refractivity (Wildman–Crippen MR) is 99.2 cm³/mol. The first-order valence-electron chi connectivity index (χ1n) is 8.70. The van der Waals surface area contributed by atoms with Gasteiger partial charge in [-0.1, -0.05) is 43.3 Å². The maximum atomic E-state index is 15.1. The number of benzene rings is 3. The molecule has 0 saturated carbocycles. The van der Waals surface area contributed by atoms with Crippen molar-refractivity contribution < 1.29 is 27.4 Å². The van der Waals surface area contributed by atoms with Crippen molar-refractivity contribution in [2.24, 2.45) is 0 Å². The summed E-state index contributed by atoms with van der Waals surface area (Å²) in [5, 5.41) is 9.37. The van der Waals surface area contributed by atoms with Crippen molar-refractivity contribution in [2.45, 2.75) is 26.6 Å². The highest BCUT2D eigenvalue weighted by Crippen LogP contribution is 2.38. The zero-order chi connectivity index (χ0) is 20.3. The summed E-state index contributed by atoms with van der Waals surface area (Å²) in [6.07, 6.45) is 0.812. The van der Waals surface area contributed by atoms with Crippen LogP contribution in [-0.4, -0.2) is 11.7 Å². The molecule has 28 heavy (non-hydrogen) atoms. The van der Waals surface area contributed by atoms with Crippen molar-refractivity contribution in [3.8, 4) is 28.0 Å². The van der Waals surface area contributed by atoms with E-state index in [1.54, 1.807) is 12.1 Å². The first kappa shape index (κ1) is 19.9. The number of aryl methyl sites for hydroxylation is 1. The monoisotopic (exact) mass is 390 g/mol. The van der Waals surface area contributed by atoms with Gasteiger partial charge in [0, 0.05) is 11.1 Å². The van der Waals surface area contributed by atoms with Gasteiger partial charge in [0.25, 0.3) is 0 Å². The Bertz CT molecular complexity index is 952. The van der Waals surface area contributed by atoms with Crippen LogP contribution < -0.4 is 4.74 Å². The van der Waals surface area contributed by atoms with Gasteiger partial charge in [-0.15, -0.1) is 0 Å². The lowest BCUT2D eigenvalue weighted by Crippen LogP contribution is -2.02. The van der Waals surface area contributed by atoms with E-state index in [-0.39, 0.29) is 16.9 Å². The fourth-order valence-corrected chi connectivity index (χ4v) is 3.04. The lowest BCUT2D eigenvalue weighted by atomic mass is 9.91. The Morgan fingerprint density at radius 1 is 0.929 bits per heavy atom. The minimum absolute atomic E-state index is 0.0551. The molecule has 6 heteroatoms. The highest BCUT2D eigenvalue weighted by atomic mass is 19.3. The van der Waals surface area contributed by atoms with Crippen LogP contribution in [0.2, 0.25) is 0 Å². The SMILES string of the molecule is CCc1ccc(-c2c(-c3ccc(OC(F)F)cc3)cc(F)c(CO)c2F)cc1. The van der Waals surface area contributed by atoms with Crippen LogP contribution in [-0.2, 0) is 13.0 Å². The van der Waals surface area contributed by atoms with Gasteiger partial charge in [0.2, 0.25) is 0 Å². The van der Waals surface area contributed by atoms with Gasteiger partial charge in [0.15, 0.2) is 0 Å². The molecule has 3 aromatic rings. The summed E-state index contributed by atoms with van der Waals surface area (Å²) in [4.78, 5) is 0. The molecule has 0 saturated heterocycles. The normalized spacial score (nSPS) is 11.1. The first-order valence-corrected chi connectivity index (χ1v) is 8.70. The number of halogens is 4. The Kier molecular flexibility index (Phi) is 5.99. The van der Waals surface area contributed by atoms with Gasteiger partial charge < -0.3 is 9.84 Å². The molecule has 0 amide bonds. The van der Waals surface area contributed by atoms with Gasteiger partial charge in [-0.05, 0) is 46.9 Å². The van der Waals surface area contributed by atoms with Gasteiger partial charge in [0.1, 0.15) is 17.4 Å². The van der Waals surface area contributed by atoms with E-state index in [4.69, 9.17) is 0 Å². The van der Waals surface area contributed by atoms with Crippen LogP contribution in [0.25, 0.3) is 22.3 Å². The second kappa shape index (κ2) is 8.44. The van der Waals surface area contributed by atoms with Crippen LogP contribution >= 0.6 is 0 Å². The van der Waals surface area contributed by atoms with Crippen LogP contribution in [0.3, 0.4) is 0 Å². The standard InChI is InChI=1S/C22H18F4O2/c1-2-13-3-5-15(6-4-13)20-17(11-19(23)18(12-27)21(20)24)14-7-9-16(10-8-14)28-22(25)26/h3-11,22,27H,2,12H2,1H3.